The van der Waals surface area contributed by atoms with Gasteiger partial charge in [-0.15, -0.1) is 0 Å². The number of anilines is 1. The van der Waals surface area contributed by atoms with Gasteiger partial charge in [0.2, 0.25) is 5.91 Å². The molecule has 110 valence electrons. The first-order valence-corrected chi connectivity index (χ1v) is 7.63. The number of rotatable bonds is 4. The Morgan fingerprint density at radius 2 is 2.19 bits per heavy atom. The average molecular weight is 303 g/mol. The van der Waals surface area contributed by atoms with Gasteiger partial charge in [0.15, 0.2) is 5.16 Å². The molecule has 1 atom stereocenters. The molecule has 1 fully saturated rings. The van der Waals surface area contributed by atoms with Crippen molar-refractivity contribution in [3.8, 4) is 0 Å². The quantitative estimate of drug-likeness (QED) is 0.803. The Labute approximate surface area is 127 Å². The molecule has 1 unspecified atom stereocenters. The van der Waals surface area contributed by atoms with Gasteiger partial charge >= 0.3 is 0 Å². The number of carbonyl (C=O) groups excluding carboxylic acids is 1. The molecule has 0 spiro atoms. The first-order valence-electron chi connectivity index (χ1n) is 6.81. The van der Waals surface area contributed by atoms with Crippen molar-refractivity contribution < 1.29 is 4.79 Å². The molecule has 0 aliphatic carbocycles. The van der Waals surface area contributed by atoms with Gasteiger partial charge in [0.05, 0.1) is 5.41 Å². The molecule has 1 aliphatic heterocycles. The van der Waals surface area contributed by atoms with E-state index < -0.39 is 0 Å². The fourth-order valence-electron chi connectivity index (χ4n) is 2.25. The van der Waals surface area contributed by atoms with Crippen LogP contribution in [0.25, 0.3) is 0 Å². The lowest BCUT2D eigenvalue weighted by Crippen LogP contribution is -2.35. The van der Waals surface area contributed by atoms with E-state index in [4.69, 9.17) is 0 Å². The van der Waals surface area contributed by atoms with Crippen LogP contribution in [0, 0.1) is 5.41 Å². The zero-order valence-corrected chi connectivity index (χ0v) is 12.5. The van der Waals surface area contributed by atoms with Crippen molar-refractivity contribution in [1.82, 2.24) is 20.5 Å². The topological polar surface area (TPSA) is 82.7 Å². The van der Waals surface area contributed by atoms with Crippen LogP contribution in [0.5, 0.6) is 0 Å². The number of H-pyrrole nitrogens is 1. The molecule has 0 saturated carbocycles. The van der Waals surface area contributed by atoms with E-state index in [0.717, 1.165) is 35.2 Å². The summed E-state index contributed by atoms with van der Waals surface area (Å²) >= 11 is 1.49. The maximum absolute atomic E-state index is 12.3. The van der Waals surface area contributed by atoms with Crippen LogP contribution in [-0.2, 0) is 4.79 Å². The Bertz CT molecular complexity index is 605. The Morgan fingerprint density at radius 3 is 2.81 bits per heavy atom. The summed E-state index contributed by atoms with van der Waals surface area (Å²) < 4.78 is 0. The molecule has 2 aromatic rings. The van der Waals surface area contributed by atoms with Crippen molar-refractivity contribution in [1.29, 1.82) is 0 Å². The predicted octanol–water partition coefficient (Wildman–Crippen LogP) is 1.89. The Morgan fingerprint density at radius 1 is 1.38 bits per heavy atom. The molecule has 2 heterocycles. The van der Waals surface area contributed by atoms with E-state index in [2.05, 4.69) is 25.8 Å². The van der Waals surface area contributed by atoms with Crippen LogP contribution in [-0.4, -0.2) is 34.2 Å². The van der Waals surface area contributed by atoms with E-state index in [1.165, 1.54) is 18.1 Å². The van der Waals surface area contributed by atoms with Gasteiger partial charge in [-0.1, -0.05) is 11.8 Å². The number of amides is 1. The highest BCUT2D eigenvalue weighted by Crippen LogP contribution is 2.28. The van der Waals surface area contributed by atoms with Crippen LogP contribution < -0.4 is 10.6 Å². The van der Waals surface area contributed by atoms with Gasteiger partial charge in [0.25, 0.3) is 0 Å². The minimum Gasteiger partial charge on any atom is -0.326 e. The maximum Gasteiger partial charge on any atom is 0.231 e. The minimum absolute atomic E-state index is 0.0723. The van der Waals surface area contributed by atoms with Gasteiger partial charge in [-0.05, 0) is 44.2 Å². The molecule has 0 bridgehead atoms. The molecular formula is C14H17N5OS. The van der Waals surface area contributed by atoms with Gasteiger partial charge < -0.3 is 10.6 Å². The number of aromatic amines is 1. The zero-order valence-electron chi connectivity index (χ0n) is 11.7. The van der Waals surface area contributed by atoms with Crippen LogP contribution in [0.15, 0.2) is 40.6 Å². The third-order valence-corrected chi connectivity index (χ3v) is 4.53. The molecule has 3 N–H and O–H groups in total. The largest absolute Gasteiger partial charge is 0.326 e. The normalized spacial score (nSPS) is 21.4. The first-order chi connectivity index (χ1) is 10.2. The SMILES string of the molecule is CC1(C(=O)Nc2ccc(Sc3ncn[nH]3)cc2)CCNC1. The number of nitrogens with zero attached hydrogens (tertiary/aromatic N) is 2. The Kier molecular flexibility index (Phi) is 3.94. The Hall–Kier alpha value is -1.86. The van der Waals surface area contributed by atoms with E-state index in [1.54, 1.807) is 0 Å². The summed E-state index contributed by atoms with van der Waals surface area (Å²) in [5.41, 5.74) is 0.503. The van der Waals surface area contributed by atoms with E-state index in [1.807, 2.05) is 31.2 Å². The second kappa shape index (κ2) is 5.87. The fourth-order valence-corrected chi connectivity index (χ4v) is 2.95. The number of nitrogens with one attached hydrogen (secondary N) is 3. The zero-order chi connectivity index (χ0) is 14.7. The van der Waals surface area contributed by atoms with Gasteiger partial charge in [0, 0.05) is 17.1 Å². The van der Waals surface area contributed by atoms with Crippen molar-refractivity contribution in [2.45, 2.75) is 23.4 Å². The summed E-state index contributed by atoms with van der Waals surface area (Å²) in [4.78, 5) is 17.4. The van der Waals surface area contributed by atoms with Crippen LogP contribution >= 0.6 is 11.8 Å². The summed E-state index contributed by atoms with van der Waals surface area (Å²) in [6.45, 7) is 3.63. The number of aromatic nitrogens is 3. The van der Waals surface area contributed by atoms with Gasteiger partial charge in [-0.2, -0.15) is 5.10 Å². The lowest BCUT2D eigenvalue weighted by atomic mass is 9.89. The van der Waals surface area contributed by atoms with E-state index in [0.29, 0.717) is 0 Å². The molecule has 7 heteroatoms. The highest BCUT2D eigenvalue weighted by Gasteiger charge is 2.36. The van der Waals surface area contributed by atoms with Gasteiger partial charge in [0.1, 0.15) is 6.33 Å². The second-order valence-corrected chi connectivity index (χ2v) is 6.42. The minimum atomic E-state index is -0.312. The van der Waals surface area contributed by atoms with E-state index in [-0.39, 0.29) is 11.3 Å². The average Bonchev–Trinajstić information content (AvgIpc) is 3.13. The number of carbonyl (C=O) groups is 1. The first kappa shape index (κ1) is 14.1. The highest BCUT2D eigenvalue weighted by atomic mass is 32.2. The van der Waals surface area contributed by atoms with E-state index in [9.17, 15) is 4.79 Å². The molecule has 1 amide bonds. The fraction of sp³-hybridized carbons (Fsp3) is 0.357. The van der Waals surface area contributed by atoms with Crippen LogP contribution in [0.2, 0.25) is 0 Å². The molecule has 1 aromatic heterocycles. The van der Waals surface area contributed by atoms with Gasteiger partial charge in [-0.25, -0.2) is 4.98 Å². The standard InChI is InChI=1S/C14H17N5OS/c1-14(6-7-15-8-14)12(20)18-10-2-4-11(5-3-10)21-13-16-9-17-19-13/h2-5,9,15H,6-8H2,1H3,(H,18,20)(H,16,17,19). The molecule has 6 nitrogen and oxygen atoms in total. The highest BCUT2D eigenvalue weighted by molar-refractivity contribution is 7.99. The van der Waals surface area contributed by atoms with Crippen molar-refractivity contribution in [2.24, 2.45) is 5.41 Å². The number of hydrogen-bond donors (Lipinski definition) is 3. The molecule has 21 heavy (non-hydrogen) atoms. The summed E-state index contributed by atoms with van der Waals surface area (Å²) in [6.07, 6.45) is 2.35. The Balaban J connectivity index is 1.63. The maximum atomic E-state index is 12.3. The summed E-state index contributed by atoms with van der Waals surface area (Å²) in [6, 6.07) is 7.72. The molecule has 1 saturated heterocycles. The monoisotopic (exact) mass is 303 g/mol. The molecular weight excluding hydrogens is 286 g/mol. The van der Waals surface area contributed by atoms with E-state index >= 15 is 0 Å². The van der Waals surface area contributed by atoms with Crippen LogP contribution in [0.3, 0.4) is 0 Å². The summed E-state index contributed by atoms with van der Waals surface area (Å²) in [5.74, 6) is 0.0723. The van der Waals surface area contributed by atoms with Crippen molar-refractivity contribution >= 4 is 23.4 Å². The number of hydrogen-bond acceptors (Lipinski definition) is 5. The lowest BCUT2D eigenvalue weighted by Gasteiger charge is -2.21. The molecule has 1 aromatic carbocycles. The van der Waals surface area contributed by atoms with Crippen molar-refractivity contribution in [3.05, 3.63) is 30.6 Å². The third-order valence-electron chi connectivity index (χ3n) is 3.64. The van der Waals surface area contributed by atoms with Crippen LogP contribution in [0.4, 0.5) is 5.69 Å². The third kappa shape index (κ3) is 3.25. The second-order valence-electron chi connectivity index (χ2n) is 5.36. The lowest BCUT2D eigenvalue weighted by molar-refractivity contribution is -0.123. The van der Waals surface area contributed by atoms with Crippen molar-refractivity contribution in [3.63, 3.8) is 0 Å². The molecule has 3 rings (SSSR count). The predicted molar refractivity (Wildman–Crippen MR) is 81.2 cm³/mol. The smallest absolute Gasteiger partial charge is 0.231 e. The number of benzene rings is 1. The summed E-state index contributed by atoms with van der Waals surface area (Å²) in [7, 11) is 0. The molecule has 1 aliphatic rings. The molecule has 0 radical (unpaired) electrons. The van der Waals surface area contributed by atoms with Crippen LogP contribution in [0.1, 0.15) is 13.3 Å². The van der Waals surface area contributed by atoms with Gasteiger partial charge in [-0.3, -0.25) is 9.89 Å². The van der Waals surface area contributed by atoms with Crippen molar-refractivity contribution in [2.75, 3.05) is 18.4 Å². The summed E-state index contributed by atoms with van der Waals surface area (Å²) in [5, 5.41) is 13.6.